The molecule has 0 spiro atoms. The highest BCUT2D eigenvalue weighted by atomic mass is 16.5. The zero-order chi connectivity index (χ0) is 20.5. The average molecular weight is 390 g/mol. The van der Waals surface area contributed by atoms with Crippen molar-refractivity contribution in [2.24, 2.45) is 11.7 Å². The number of allylic oxidation sites excluding steroid dienone is 1. The highest BCUT2D eigenvalue weighted by Crippen LogP contribution is 2.38. The molecule has 4 rings (SSSR count). The minimum absolute atomic E-state index is 0.312. The van der Waals surface area contributed by atoms with Crippen molar-refractivity contribution < 1.29 is 18.7 Å². The Morgan fingerprint density at radius 1 is 1.24 bits per heavy atom. The van der Waals surface area contributed by atoms with Crippen LogP contribution in [-0.2, 0) is 16.0 Å². The molecule has 3 aromatic rings. The number of furan rings is 1. The zero-order valence-corrected chi connectivity index (χ0v) is 16.3. The topological polar surface area (TPSA) is 95.4 Å². The Morgan fingerprint density at radius 2 is 2.03 bits per heavy atom. The van der Waals surface area contributed by atoms with Gasteiger partial charge in [0.1, 0.15) is 5.76 Å². The molecule has 2 atom stereocenters. The number of pyridine rings is 1. The molecule has 1 aliphatic rings. The largest absolute Gasteiger partial charge is 0.465 e. The van der Waals surface area contributed by atoms with E-state index >= 15 is 0 Å². The Kier molecular flexibility index (Phi) is 4.92. The van der Waals surface area contributed by atoms with Crippen LogP contribution in [0.4, 0.5) is 0 Å². The summed E-state index contributed by atoms with van der Waals surface area (Å²) in [5.41, 5.74) is 9.06. The van der Waals surface area contributed by atoms with Crippen LogP contribution < -0.4 is 5.73 Å². The van der Waals surface area contributed by atoms with Crippen LogP contribution in [-0.4, -0.2) is 23.0 Å². The van der Waals surface area contributed by atoms with E-state index in [1.165, 1.54) is 6.92 Å². The Labute approximate surface area is 168 Å². The molecule has 6 heteroatoms. The van der Waals surface area contributed by atoms with Gasteiger partial charge in [0.05, 0.1) is 23.0 Å². The van der Waals surface area contributed by atoms with Gasteiger partial charge in [0.2, 0.25) is 0 Å². The quantitative estimate of drug-likeness (QED) is 0.680. The van der Waals surface area contributed by atoms with Gasteiger partial charge < -0.3 is 14.9 Å². The second-order valence-corrected chi connectivity index (χ2v) is 7.48. The van der Waals surface area contributed by atoms with Crippen molar-refractivity contribution in [2.45, 2.75) is 32.8 Å². The molecule has 0 unspecified atom stereocenters. The zero-order valence-electron chi connectivity index (χ0n) is 16.3. The number of hydrogen-bond donors (Lipinski definition) is 1. The van der Waals surface area contributed by atoms with Crippen LogP contribution in [0.3, 0.4) is 0 Å². The van der Waals surface area contributed by atoms with Crippen LogP contribution in [0.2, 0.25) is 0 Å². The maximum Gasteiger partial charge on any atom is 0.339 e. The number of rotatable bonds is 4. The predicted octanol–water partition coefficient (Wildman–Crippen LogP) is 3.98. The number of nitrogens with two attached hydrogens (primary N) is 1. The van der Waals surface area contributed by atoms with Crippen LogP contribution >= 0.6 is 0 Å². The van der Waals surface area contributed by atoms with E-state index in [4.69, 9.17) is 19.9 Å². The lowest BCUT2D eigenvalue weighted by molar-refractivity contribution is -0.125. The van der Waals surface area contributed by atoms with Crippen molar-refractivity contribution in [3.05, 3.63) is 65.2 Å². The first kappa shape index (κ1) is 18.9. The average Bonchev–Trinajstić information content (AvgIpc) is 3.19. The van der Waals surface area contributed by atoms with Gasteiger partial charge in [-0.15, -0.1) is 0 Å². The number of primary amides is 1. The maximum absolute atomic E-state index is 13.1. The van der Waals surface area contributed by atoms with Crippen LogP contribution in [0, 0.1) is 5.92 Å². The SMILES string of the molecule is C[C@@H]1CC(=Cc2ccco2)c2nc3ccccc3c(C(=O)O[C@@H](C)C(N)=O)c2C1. The summed E-state index contributed by atoms with van der Waals surface area (Å²) in [5.74, 6) is -0.191. The van der Waals surface area contributed by atoms with E-state index in [0.717, 1.165) is 29.0 Å². The first-order chi connectivity index (χ1) is 13.9. The fourth-order valence-electron chi connectivity index (χ4n) is 3.79. The molecule has 2 heterocycles. The van der Waals surface area contributed by atoms with Crippen LogP contribution in [0.15, 0.2) is 47.1 Å². The number of para-hydroxylation sites is 1. The van der Waals surface area contributed by atoms with Crippen molar-refractivity contribution >= 4 is 34.4 Å². The Hall–Kier alpha value is -3.41. The molecule has 0 aliphatic heterocycles. The van der Waals surface area contributed by atoms with Gasteiger partial charge in [-0.3, -0.25) is 4.79 Å². The number of aromatic nitrogens is 1. The predicted molar refractivity (Wildman–Crippen MR) is 110 cm³/mol. The molecule has 29 heavy (non-hydrogen) atoms. The third-order valence-corrected chi connectivity index (χ3v) is 5.17. The smallest absolute Gasteiger partial charge is 0.339 e. The fraction of sp³-hybridized carbons (Fsp3) is 0.261. The van der Waals surface area contributed by atoms with Crippen molar-refractivity contribution in [2.75, 3.05) is 0 Å². The molecular formula is C23H22N2O4. The molecule has 0 bridgehead atoms. The monoisotopic (exact) mass is 390 g/mol. The lowest BCUT2D eigenvalue weighted by Gasteiger charge is -2.26. The summed E-state index contributed by atoms with van der Waals surface area (Å²) in [6.07, 6.45) is 4.10. The summed E-state index contributed by atoms with van der Waals surface area (Å²) in [4.78, 5) is 29.4. The second-order valence-electron chi connectivity index (χ2n) is 7.48. The summed E-state index contributed by atoms with van der Waals surface area (Å²) < 4.78 is 10.9. The van der Waals surface area contributed by atoms with Gasteiger partial charge in [-0.2, -0.15) is 0 Å². The lowest BCUT2D eigenvalue weighted by Crippen LogP contribution is -2.31. The van der Waals surface area contributed by atoms with Crippen LogP contribution in [0.25, 0.3) is 22.6 Å². The first-order valence-corrected chi connectivity index (χ1v) is 9.60. The standard InChI is InChI=1S/C23H22N2O4/c1-13-10-15(12-16-6-5-9-28-16)21-18(11-13)20(23(27)29-14(2)22(24)26)17-7-3-4-8-19(17)25-21/h3-9,12-14H,10-11H2,1-2H3,(H2,24,26)/t13-,14+/m1/s1. The number of benzene rings is 1. The molecular weight excluding hydrogens is 368 g/mol. The van der Waals surface area contributed by atoms with Gasteiger partial charge in [-0.05, 0) is 61.1 Å². The number of hydrogen-bond acceptors (Lipinski definition) is 5. The van der Waals surface area contributed by atoms with Gasteiger partial charge in [0.15, 0.2) is 6.10 Å². The highest BCUT2D eigenvalue weighted by molar-refractivity contribution is 6.07. The number of fused-ring (bicyclic) bond motifs is 2. The summed E-state index contributed by atoms with van der Waals surface area (Å²) in [6.45, 7) is 3.61. The number of amides is 1. The number of nitrogens with zero attached hydrogens (tertiary/aromatic N) is 1. The van der Waals surface area contributed by atoms with E-state index < -0.39 is 18.0 Å². The second kappa shape index (κ2) is 7.54. The van der Waals surface area contributed by atoms with Crippen molar-refractivity contribution in [1.29, 1.82) is 0 Å². The van der Waals surface area contributed by atoms with E-state index in [1.807, 2.05) is 42.5 Å². The Morgan fingerprint density at radius 3 is 2.76 bits per heavy atom. The van der Waals surface area contributed by atoms with E-state index in [0.29, 0.717) is 28.8 Å². The van der Waals surface area contributed by atoms with Gasteiger partial charge >= 0.3 is 5.97 Å². The van der Waals surface area contributed by atoms with E-state index in [9.17, 15) is 9.59 Å². The summed E-state index contributed by atoms with van der Waals surface area (Å²) in [5, 5.41) is 0.708. The first-order valence-electron chi connectivity index (χ1n) is 9.60. The van der Waals surface area contributed by atoms with Gasteiger partial charge in [-0.25, -0.2) is 9.78 Å². The fourth-order valence-corrected chi connectivity index (χ4v) is 3.79. The molecule has 0 saturated carbocycles. The Bertz CT molecular complexity index is 1120. The maximum atomic E-state index is 13.1. The summed E-state index contributed by atoms with van der Waals surface area (Å²) in [7, 11) is 0. The number of esters is 1. The van der Waals surface area contributed by atoms with Gasteiger partial charge in [-0.1, -0.05) is 25.1 Å². The Balaban J connectivity index is 1.92. The molecule has 0 saturated heterocycles. The third-order valence-electron chi connectivity index (χ3n) is 5.17. The van der Waals surface area contributed by atoms with Crippen molar-refractivity contribution in [1.82, 2.24) is 4.98 Å². The van der Waals surface area contributed by atoms with Crippen LogP contribution in [0.5, 0.6) is 0 Å². The highest BCUT2D eigenvalue weighted by Gasteiger charge is 2.30. The number of ether oxygens (including phenoxy) is 1. The lowest BCUT2D eigenvalue weighted by atomic mass is 9.81. The summed E-state index contributed by atoms with van der Waals surface area (Å²) in [6, 6.07) is 11.2. The molecule has 2 aromatic heterocycles. The third kappa shape index (κ3) is 3.66. The molecule has 1 aromatic carbocycles. The molecule has 148 valence electrons. The van der Waals surface area contributed by atoms with E-state index in [1.54, 1.807) is 6.26 Å². The molecule has 1 aliphatic carbocycles. The number of carbonyl (C=O) groups excluding carboxylic acids is 2. The number of carbonyl (C=O) groups is 2. The molecule has 0 fully saturated rings. The normalized spacial score (nSPS) is 18.4. The van der Waals surface area contributed by atoms with E-state index in [2.05, 4.69) is 6.92 Å². The van der Waals surface area contributed by atoms with Crippen molar-refractivity contribution in [3.8, 4) is 0 Å². The van der Waals surface area contributed by atoms with Gasteiger partial charge in [0.25, 0.3) is 5.91 Å². The minimum Gasteiger partial charge on any atom is -0.465 e. The molecule has 6 nitrogen and oxygen atoms in total. The van der Waals surface area contributed by atoms with Gasteiger partial charge in [0, 0.05) is 5.39 Å². The van der Waals surface area contributed by atoms with Crippen molar-refractivity contribution in [3.63, 3.8) is 0 Å². The minimum atomic E-state index is -1.01. The molecule has 1 amide bonds. The molecule has 0 radical (unpaired) electrons. The van der Waals surface area contributed by atoms with E-state index in [-0.39, 0.29) is 0 Å². The summed E-state index contributed by atoms with van der Waals surface area (Å²) >= 11 is 0. The van der Waals surface area contributed by atoms with Crippen LogP contribution in [0.1, 0.15) is 47.6 Å². The molecule has 2 N–H and O–H groups in total.